The number of hydrogen-bond acceptors (Lipinski definition) is 3. The van der Waals surface area contributed by atoms with Gasteiger partial charge in [-0.15, -0.1) is 0 Å². The van der Waals surface area contributed by atoms with Crippen LogP contribution in [0.3, 0.4) is 0 Å². The van der Waals surface area contributed by atoms with Crippen molar-refractivity contribution in [2.75, 3.05) is 26.7 Å². The Morgan fingerprint density at radius 2 is 1.67 bits per heavy atom. The number of pyridine rings is 1. The van der Waals surface area contributed by atoms with E-state index in [1.165, 1.54) is 12.1 Å². The maximum atomic E-state index is 14.4. The summed E-state index contributed by atoms with van der Waals surface area (Å²) in [5.41, 5.74) is 2.83. The van der Waals surface area contributed by atoms with E-state index in [2.05, 4.69) is 16.9 Å². The van der Waals surface area contributed by atoms with E-state index in [9.17, 15) is 8.78 Å². The van der Waals surface area contributed by atoms with Crippen LogP contribution < -0.4 is 4.74 Å². The number of aryl methyl sites for hydroxylation is 2. The first-order chi connectivity index (χ1) is 12.9. The van der Waals surface area contributed by atoms with E-state index in [0.717, 1.165) is 42.9 Å². The van der Waals surface area contributed by atoms with Crippen LogP contribution in [0.1, 0.15) is 38.1 Å². The molecule has 0 amide bonds. The zero-order chi connectivity index (χ0) is 20.0. The summed E-state index contributed by atoms with van der Waals surface area (Å²) in [6, 6.07) is 6.33. The van der Waals surface area contributed by atoms with Crippen molar-refractivity contribution in [2.24, 2.45) is 5.92 Å². The molecule has 2 heterocycles. The van der Waals surface area contributed by atoms with Crippen LogP contribution in [0.4, 0.5) is 8.78 Å². The first-order valence-corrected chi connectivity index (χ1v) is 9.69. The van der Waals surface area contributed by atoms with Crippen LogP contribution in [0.15, 0.2) is 24.3 Å². The van der Waals surface area contributed by atoms with Gasteiger partial charge in [0.15, 0.2) is 17.4 Å². The van der Waals surface area contributed by atoms with Gasteiger partial charge in [0.1, 0.15) is 0 Å². The molecule has 0 N–H and O–H groups in total. The molecule has 1 aromatic carbocycles. The van der Waals surface area contributed by atoms with E-state index in [1.807, 2.05) is 39.8 Å². The number of halogens is 2. The lowest BCUT2D eigenvalue weighted by atomic mass is 9.98. The van der Waals surface area contributed by atoms with Crippen LogP contribution in [0.2, 0.25) is 0 Å². The molecule has 0 atom stereocenters. The monoisotopic (exact) mass is 376 g/mol. The number of piperidine rings is 1. The Balaban J connectivity index is 0.00000126. The Hall–Kier alpha value is -2.01. The molecule has 0 radical (unpaired) electrons. The number of aromatic nitrogens is 1. The maximum Gasteiger partial charge on any atom is 0.190 e. The van der Waals surface area contributed by atoms with E-state index in [4.69, 9.17) is 4.74 Å². The van der Waals surface area contributed by atoms with Crippen molar-refractivity contribution < 1.29 is 13.5 Å². The largest absolute Gasteiger partial charge is 0.487 e. The van der Waals surface area contributed by atoms with E-state index in [0.29, 0.717) is 18.1 Å². The first-order valence-electron chi connectivity index (χ1n) is 9.69. The molecular weight excluding hydrogens is 346 g/mol. The number of nitrogens with zero attached hydrogens (tertiary/aromatic N) is 2. The molecule has 0 bridgehead atoms. The van der Waals surface area contributed by atoms with Gasteiger partial charge in [-0.25, -0.2) is 8.78 Å². The molecular formula is C22H30F2N2O. The first kappa shape index (κ1) is 21.3. The van der Waals surface area contributed by atoms with Crippen LogP contribution in [-0.4, -0.2) is 36.6 Å². The number of ether oxygens (including phenoxy) is 1. The van der Waals surface area contributed by atoms with Gasteiger partial charge in [0.2, 0.25) is 0 Å². The average Bonchev–Trinajstić information content (AvgIpc) is 2.64. The molecule has 1 aliphatic rings. The molecule has 0 saturated carbocycles. The molecule has 1 aliphatic heterocycles. The van der Waals surface area contributed by atoms with Crippen molar-refractivity contribution in [3.05, 3.63) is 47.3 Å². The number of rotatable bonds is 4. The highest BCUT2D eigenvalue weighted by Gasteiger charge is 2.20. The Labute approximate surface area is 161 Å². The van der Waals surface area contributed by atoms with Gasteiger partial charge in [0.25, 0.3) is 0 Å². The van der Waals surface area contributed by atoms with Gasteiger partial charge in [0.05, 0.1) is 6.61 Å². The molecule has 0 unspecified atom stereocenters. The van der Waals surface area contributed by atoms with Crippen molar-refractivity contribution in [2.45, 2.75) is 40.5 Å². The molecule has 3 nitrogen and oxygen atoms in total. The zero-order valence-electron chi connectivity index (χ0n) is 17.0. The number of benzene rings is 1. The van der Waals surface area contributed by atoms with Crippen molar-refractivity contribution in [3.8, 4) is 16.9 Å². The lowest BCUT2D eigenvalue weighted by Gasteiger charge is -2.28. The Bertz CT molecular complexity index is 733. The summed E-state index contributed by atoms with van der Waals surface area (Å²) in [7, 11) is 2.08. The van der Waals surface area contributed by atoms with Gasteiger partial charge in [0, 0.05) is 17.0 Å². The summed E-state index contributed by atoms with van der Waals surface area (Å²) < 4.78 is 34.4. The summed E-state index contributed by atoms with van der Waals surface area (Å²) >= 11 is 0. The summed E-state index contributed by atoms with van der Waals surface area (Å²) in [5.74, 6) is -1.26. The van der Waals surface area contributed by atoms with Gasteiger partial charge in [-0.1, -0.05) is 19.9 Å². The van der Waals surface area contributed by atoms with Gasteiger partial charge in [-0.05, 0) is 76.5 Å². The molecule has 3 rings (SSSR count). The molecule has 0 aliphatic carbocycles. The number of likely N-dealkylation sites (tertiary alicyclic amines) is 1. The summed E-state index contributed by atoms with van der Waals surface area (Å²) in [4.78, 5) is 6.61. The average molecular weight is 376 g/mol. The topological polar surface area (TPSA) is 25.4 Å². The molecule has 27 heavy (non-hydrogen) atoms. The van der Waals surface area contributed by atoms with Crippen molar-refractivity contribution in [3.63, 3.8) is 0 Å². The van der Waals surface area contributed by atoms with Crippen molar-refractivity contribution in [1.29, 1.82) is 0 Å². The minimum absolute atomic E-state index is 0.277. The molecule has 1 saturated heterocycles. The lowest BCUT2D eigenvalue weighted by molar-refractivity contribution is 0.153. The molecule has 0 spiro atoms. The third-order valence-electron chi connectivity index (χ3n) is 4.84. The van der Waals surface area contributed by atoms with Crippen LogP contribution >= 0.6 is 0 Å². The Morgan fingerprint density at radius 3 is 2.22 bits per heavy atom. The van der Waals surface area contributed by atoms with E-state index < -0.39 is 11.6 Å². The molecule has 1 fully saturated rings. The normalized spacial score (nSPS) is 15.2. The minimum Gasteiger partial charge on any atom is -0.487 e. The molecule has 148 valence electrons. The third kappa shape index (κ3) is 5.48. The molecule has 1 aromatic heterocycles. The highest BCUT2D eigenvalue weighted by atomic mass is 19.1. The van der Waals surface area contributed by atoms with Crippen LogP contribution in [0.5, 0.6) is 5.75 Å². The Kier molecular flexibility index (Phi) is 7.72. The second kappa shape index (κ2) is 9.79. The SMILES string of the molecule is CC.Cc1ccc(-c2cc(F)c(OCC3CCN(C)CC3)c(F)c2)c(C)n1. The lowest BCUT2D eigenvalue weighted by Crippen LogP contribution is -2.32. The van der Waals surface area contributed by atoms with Gasteiger partial charge in [-0.2, -0.15) is 0 Å². The van der Waals surface area contributed by atoms with Crippen LogP contribution in [-0.2, 0) is 0 Å². The van der Waals surface area contributed by atoms with Gasteiger partial charge >= 0.3 is 0 Å². The van der Waals surface area contributed by atoms with Crippen molar-refractivity contribution >= 4 is 0 Å². The summed E-state index contributed by atoms with van der Waals surface area (Å²) in [6.45, 7) is 10.1. The van der Waals surface area contributed by atoms with Crippen LogP contribution in [0, 0.1) is 31.4 Å². The minimum atomic E-state index is -0.664. The van der Waals surface area contributed by atoms with E-state index in [-0.39, 0.29) is 5.75 Å². The number of hydrogen-bond donors (Lipinski definition) is 0. The van der Waals surface area contributed by atoms with E-state index in [1.54, 1.807) is 0 Å². The predicted molar refractivity (Wildman–Crippen MR) is 106 cm³/mol. The van der Waals surface area contributed by atoms with Gasteiger partial charge in [-0.3, -0.25) is 4.98 Å². The fourth-order valence-corrected chi connectivity index (χ4v) is 3.27. The predicted octanol–water partition coefficient (Wildman–Crippen LogP) is 5.39. The standard InChI is InChI=1S/C20H24F2N2O.C2H6/c1-13-4-5-17(14(2)23-13)16-10-18(21)20(19(22)11-16)25-12-15-6-8-24(3)9-7-15;1-2/h4-5,10-11,15H,6-9,12H2,1-3H3;1-2H3. The third-order valence-corrected chi connectivity index (χ3v) is 4.84. The van der Waals surface area contributed by atoms with E-state index >= 15 is 0 Å². The smallest absolute Gasteiger partial charge is 0.190 e. The Morgan fingerprint density at radius 1 is 1.07 bits per heavy atom. The highest BCUT2D eigenvalue weighted by Crippen LogP contribution is 2.31. The van der Waals surface area contributed by atoms with Crippen LogP contribution in [0.25, 0.3) is 11.1 Å². The molecule has 5 heteroatoms. The molecule has 2 aromatic rings. The van der Waals surface area contributed by atoms with Gasteiger partial charge < -0.3 is 9.64 Å². The quantitative estimate of drug-likeness (QED) is 0.715. The zero-order valence-corrected chi connectivity index (χ0v) is 17.0. The van der Waals surface area contributed by atoms with Crippen molar-refractivity contribution in [1.82, 2.24) is 9.88 Å². The second-order valence-electron chi connectivity index (χ2n) is 6.91. The summed E-state index contributed by atoms with van der Waals surface area (Å²) in [6.07, 6.45) is 1.98. The maximum absolute atomic E-state index is 14.4. The second-order valence-corrected chi connectivity index (χ2v) is 6.91. The fourth-order valence-electron chi connectivity index (χ4n) is 3.27. The fraction of sp³-hybridized carbons (Fsp3) is 0.500. The highest BCUT2D eigenvalue weighted by molar-refractivity contribution is 5.67. The summed E-state index contributed by atoms with van der Waals surface area (Å²) in [5, 5.41) is 0.